The molecule has 0 unspecified atom stereocenters. The van der Waals surface area contributed by atoms with Gasteiger partial charge in [0.15, 0.2) is 11.5 Å². The Bertz CT molecular complexity index is 2690. The number of imidazole rings is 1. The number of pyridine rings is 1. The number of likely N-dealkylation sites (tertiary alicyclic amines) is 1. The highest BCUT2D eigenvalue weighted by atomic mass is 19.1. The smallest absolute Gasteiger partial charge is 0.245 e. The predicted octanol–water partition coefficient (Wildman–Crippen LogP) is 4.16. The van der Waals surface area contributed by atoms with E-state index in [4.69, 9.17) is 29.4 Å². The highest BCUT2D eigenvalue weighted by molar-refractivity contribution is 5.94. The van der Waals surface area contributed by atoms with Crippen LogP contribution in [0.25, 0.3) is 39.0 Å². The van der Waals surface area contributed by atoms with Crippen molar-refractivity contribution in [3.8, 4) is 16.9 Å². The van der Waals surface area contributed by atoms with Gasteiger partial charge in [0.2, 0.25) is 11.9 Å². The number of aryl methyl sites for hydroxylation is 1. The molecule has 11 rings (SSSR count). The molecule has 60 heavy (non-hydrogen) atoms. The van der Waals surface area contributed by atoms with E-state index in [1.54, 1.807) is 25.3 Å². The number of carbonyl (C=O) groups is 1. The number of benzene rings is 2. The summed E-state index contributed by atoms with van der Waals surface area (Å²) in [6, 6.07) is 11.8. The number of hydrogen-bond donors (Lipinski definition) is 1. The summed E-state index contributed by atoms with van der Waals surface area (Å²) >= 11 is 0. The Morgan fingerprint density at radius 1 is 0.867 bits per heavy atom. The van der Waals surface area contributed by atoms with Crippen LogP contribution < -0.4 is 15.1 Å². The lowest BCUT2D eigenvalue weighted by molar-refractivity contribution is -0.132. The van der Waals surface area contributed by atoms with Crippen molar-refractivity contribution in [2.24, 2.45) is 0 Å². The largest absolute Gasteiger partial charge is 0.378 e. The molecule has 6 aromatic rings. The molecule has 2 aromatic carbocycles. The molecular weight excluding hydrogens is 778 g/mol. The zero-order valence-electron chi connectivity index (χ0n) is 33.3. The van der Waals surface area contributed by atoms with E-state index >= 15 is 8.78 Å². The van der Waals surface area contributed by atoms with Gasteiger partial charge in [-0.25, -0.2) is 27.8 Å². The van der Waals surface area contributed by atoms with Crippen LogP contribution in [0, 0.1) is 24.4 Å². The molecule has 18 heteroatoms. The number of anilines is 3. The number of piperazine rings is 1. The lowest BCUT2D eigenvalue weighted by Crippen LogP contribution is -2.57. The number of hydrogen-bond acceptors (Lipinski definition) is 12. The van der Waals surface area contributed by atoms with Gasteiger partial charge in [-0.2, -0.15) is 15.1 Å². The summed E-state index contributed by atoms with van der Waals surface area (Å²) in [5.74, 6) is 0.132. The van der Waals surface area contributed by atoms with Crippen LogP contribution in [0.3, 0.4) is 0 Å². The van der Waals surface area contributed by atoms with Crippen molar-refractivity contribution in [1.29, 1.82) is 0 Å². The highest BCUT2D eigenvalue weighted by Gasteiger charge is 2.49. The van der Waals surface area contributed by atoms with Gasteiger partial charge in [-0.1, -0.05) is 6.07 Å². The number of aromatic nitrogens is 7. The third-order valence-electron chi connectivity index (χ3n) is 13.0. The van der Waals surface area contributed by atoms with Crippen LogP contribution >= 0.6 is 0 Å². The van der Waals surface area contributed by atoms with Gasteiger partial charge in [-0.15, -0.1) is 0 Å². The number of fused-ring (bicyclic) bond motifs is 8. The fraction of sp³-hybridized carbons (Fsp3) is 0.429. The molecule has 0 radical (unpaired) electrons. The normalized spacial score (nSPS) is 24.7. The Kier molecular flexibility index (Phi) is 8.75. The molecule has 0 saturated carbocycles. The van der Waals surface area contributed by atoms with E-state index in [0.717, 1.165) is 37.8 Å². The molecule has 0 spiro atoms. The number of methoxy groups -OCH3 is 1. The summed E-state index contributed by atoms with van der Waals surface area (Å²) in [4.78, 5) is 43.3. The summed E-state index contributed by atoms with van der Waals surface area (Å²) in [7, 11) is 3.38. The van der Waals surface area contributed by atoms with E-state index in [-0.39, 0.29) is 30.2 Å². The van der Waals surface area contributed by atoms with Gasteiger partial charge in [-0.3, -0.25) is 9.69 Å². The fourth-order valence-corrected chi connectivity index (χ4v) is 9.98. The summed E-state index contributed by atoms with van der Waals surface area (Å²) in [6.07, 6.45) is 2.49. The maximum atomic E-state index is 15.5. The van der Waals surface area contributed by atoms with Gasteiger partial charge in [0.1, 0.15) is 40.8 Å². The van der Waals surface area contributed by atoms with Crippen LogP contribution in [-0.2, 0) is 20.8 Å². The van der Waals surface area contributed by atoms with Gasteiger partial charge < -0.3 is 34.1 Å². The van der Waals surface area contributed by atoms with Crippen molar-refractivity contribution in [2.75, 3.05) is 68.7 Å². The van der Waals surface area contributed by atoms with E-state index < -0.39 is 29.6 Å². The molecule has 4 saturated heterocycles. The molecule has 0 aliphatic carbocycles. The van der Waals surface area contributed by atoms with Gasteiger partial charge in [0, 0.05) is 76.2 Å². The summed E-state index contributed by atoms with van der Waals surface area (Å²) in [5, 5.41) is 8.69. The van der Waals surface area contributed by atoms with Crippen molar-refractivity contribution >= 4 is 45.6 Å². The van der Waals surface area contributed by atoms with Crippen LogP contribution in [0.2, 0.25) is 0 Å². The van der Waals surface area contributed by atoms with Crippen LogP contribution in [-0.4, -0.2) is 140 Å². The van der Waals surface area contributed by atoms with Crippen LogP contribution in [0.5, 0.6) is 0 Å². The second-order valence-corrected chi connectivity index (χ2v) is 16.6. The minimum Gasteiger partial charge on any atom is -0.378 e. The Balaban J connectivity index is 1.02. The lowest BCUT2D eigenvalue weighted by Gasteiger charge is -2.42. The van der Waals surface area contributed by atoms with Crippen LogP contribution in [0.15, 0.2) is 54.7 Å². The number of carbonyl (C=O) groups excluding carboxylic acids is 1. The maximum absolute atomic E-state index is 15.5. The number of ether oxygens (including phenoxy) is 2. The van der Waals surface area contributed by atoms with E-state index in [1.165, 1.54) is 28.9 Å². The molecule has 9 heterocycles. The molecule has 6 bridgehead atoms. The predicted molar refractivity (Wildman–Crippen MR) is 217 cm³/mol. The minimum absolute atomic E-state index is 0.0410. The number of amides is 1. The second kappa shape index (κ2) is 14.1. The average Bonchev–Trinajstić information content (AvgIpc) is 4.05. The first-order chi connectivity index (χ1) is 29.1. The van der Waals surface area contributed by atoms with Gasteiger partial charge >= 0.3 is 0 Å². The molecule has 5 aliphatic heterocycles. The van der Waals surface area contributed by atoms with Crippen LogP contribution in [0.4, 0.5) is 30.8 Å². The maximum Gasteiger partial charge on any atom is 0.245 e. The Morgan fingerprint density at radius 3 is 2.50 bits per heavy atom. The standard InChI is InChI=1S/C42H43F3N12O3/c1-22-47-34-11-24(44)9-30-33-5-4-6-37(49-33)48-25-12-36(41(58)52(2)18-29(59-3)19-53(22)38(30)34)56(15-25)39-31-14-46-57(35-8-7-23(43)10-32(35)45)40(31)51-42(50-39)55-17-26-13-27(55)16-54(26)28-20-60-21-28/h4-11,14,25-29,36H,12-13,15-21H2,1-3H3,(H,48,49)/t25-,26+,27+,29-,36-/m0/s1. The van der Waals surface area contributed by atoms with Crippen molar-refractivity contribution in [3.63, 3.8) is 0 Å². The van der Waals surface area contributed by atoms with Gasteiger partial charge in [0.25, 0.3) is 0 Å². The average molecular weight is 821 g/mol. The number of nitrogens with zero attached hydrogens (tertiary/aromatic N) is 11. The first-order valence-corrected chi connectivity index (χ1v) is 20.4. The van der Waals surface area contributed by atoms with Crippen molar-refractivity contribution < 1.29 is 27.4 Å². The molecular formula is C42H43F3N12O3. The van der Waals surface area contributed by atoms with E-state index in [9.17, 15) is 9.18 Å². The SMILES string of the molecule is CO[C@H]1CN(C)C(=O)[C@@H]2C[C@@H](CN2c2nc(N3C[C@H]4C[C@@H]3CN4C3COC3)nc3c2cnn3-c2ccc(F)cc2F)Nc2cccc(n2)-c2cc(F)cc3nc(C)n(c23)C1. The topological polar surface area (TPSA) is 135 Å². The highest BCUT2D eigenvalue weighted by Crippen LogP contribution is 2.40. The molecule has 5 atom stereocenters. The number of likely N-dealkylation sites (N-methyl/N-ethyl adjacent to an activating group) is 1. The molecule has 4 fully saturated rings. The Labute approximate surface area is 342 Å². The molecule has 5 aliphatic rings. The second-order valence-electron chi connectivity index (χ2n) is 16.6. The zero-order chi connectivity index (χ0) is 41.0. The third-order valence-corrected chi connectivity index (χ3v) is 13.0. The van der Waals surface area contributed by atoms with Gasteiger partial charge in [-0.05, 0) is 50.1 Å². The third kappa shape index (κ3) is 6.05. The molecule has 4 aromatic heterocycles. The van der Waals surface area contributed by atoms with E-state index in [1.807, 2.05) is 34.6 Å². The van der Waals surface area contributed by atoms with Crippen LogP contribution in [0.1, 0.15) is 18.7 Å². The van der Waals surface area contributed by atoms with E-state index in [0.29, 0.717) is 89.4 Å². The first kappa shape index (κ1) is 37.2. The monoisotopic (exact) mass is 820 g/mol. The van der Waals surface area contributed by atoms with Crippen molar-refractivity contribution in [3.05, 3.63) is 78.0 Å². The number of halogens is 3. The lowest BCUT2D eigenvalue weighted by atomic mass is 10.1. The van der Waals surface area contributed by atoms with Crippen molar-refractivity contribution in [2.45, 2.75) is 62.6 Å². The Hall–Kier alpha value is -5.85. The van der Waals surface area contributed by atoms with Gasteiger partial charge in [0.05, 0.1) is 60.2 Å². The first-order valence-electron chi connectivity index (χ1n) is 20.4. The Morgan fingerprint density at radius 2 is 1.73 bits per heavy atom. The summed E-state index contributed by atoms with van der Waals surface area (Å²) in [5.41, 5.74) is 2.79. The summed E-state index contributed by atoms with van der Waals surface area (Å²) < 4.78 is 59.6. The summed E-state index contributed by atoms with van der Waals surface area (Å²) in [6.45, 7) is 5.84. The number of rotatable bonds is 5. The molecule has 1 N–H and O–H groups in total. The zero-order valence-corrected chi connectivity index (χ0v) is 33.3. The quantitative estimate of drug-likeness (QED) is 0.268. The molecule has 15 nitrogen and oxygen atoms in total. The molecule has 310 valence electrons. The van der Waals surface area contributed by atoms with E-state index in [2.05, 4.69) is 20.2 Å². The molecule has 1 amide bonds. The minimum atomic E-state index is -0.784. The number of nitrogens with one attached hydrogen (secondary N) is 1. The van der Waals surface area contributed by atoms with Crippen molar-refractivity contribution in [1.82, 2.24) is 44.1 Å². The fourth-order valence-electron chi connectivity index (χ4n) is 9.98.